The largest absolute Gasteiger partial charge is 0.332 e. The van der Waals surface area contributed by atoms with Gasteiger partial charge in [0, 0.05) is 19.1 Å². The van der Waals surface area contributed by atoms with Gasteiger partial charge in [-0.05, 0) is 31.5 Å². The summed E-state index contributed by atoms with van der Waals surface area (Å²) < 4.78 is 4.35. The Hall–Kier alpha value is -2.87. The summed E-state index contributed by atoms with van der Waals surface area (Å²) in [5.41, 5.74) is 1.79. The van der Waals surface area contributed by atoms with Gasteiger partial charge in [0.25, 0.3) is 5.56 Å². The zero-order valence-corrected chi connectivity index (χ0v) is 16.2. The molecule has 0 saturated heterocycles. The molecule has 1 aromatic carbocycles. The van der Waals surface area contributed by atoms with E-state index >= 15 is 0 Å². The molecule has 0 unspecified atom stereocenters. The van der Waals surface area contributed by atoms with E-state index in [1.54, 1.807) is 12.1 Å². The molecular weight excluding hydrogens is 368 g/mol. The van der Waals surface area contributed by atoms with Crippen LogP contribution < -0.4 is 16.3 Å². The van der Waals surface area contributed by atoms with Crippen molar-refractivity contribution < 1.29 is 0 Å². The number of aromatic nitrogens is 4. The highest BCUT2D eigenvalue weighted by molar-refractivity contribution is 6.30. The minimum atomic E-state index is -0.408. The lowest BCUT2D eigenvalue weighted by atomic mass is 10.2. The van der Waals surface area contributed by atoms with Gasteiger partial charge >= 0.3 is 5.69 Å². The second-order valence-electron chi connectivity index (χ2n) is 6.76. The van der Waals surface area contributed by atoms with Gasteiger partial charge in [-0.15, -0.1) is 0 Å². The van der Waals surface area contributed by atoms with Gasteiger partial charge in [0.15, 0.2) is 11.2 Å². The fourth-order valence-corrected chi connectivity index (χ4v) is 3.58. The molecule has 4 rings (SSSR count). The SMILES string of the molecule is CC1=NN(Cc2cccc(Cl)c2)c2nc3c(c(=O)n(C)c(=O)n3C)n2[C@H]1C. The van der Waals surface area contributed by atoms with Crippen molar-refractivity contribution in [3.8, 4) is 0 Å². The third kappa shape index (κ3) is 2.59. The predicted molar refractivity (Wildman–Crippen MR) is 106 cm³/mol. The third-order valence-electron chi connectivity index (χ3n) is 5.00. The molecule has 9 heteroatoms. The summed E-state index contributed by atoms with van der Waals surface area (Å²) >= 11 is 6.10. The smallest absolute Gasteiger partial charge is 0.294 e. The first-order chi connectivity index (χ1) is 12.8. The van der Waals surface area contributed by atoms with E-state index in [9.17, 15) is 9.59 Å². The van der Waals surface area contributed by atoms with E-state index in [2.05, 4.69) is 10.1 Å². The minimum Gasteiger partial charge on any atom is -0.294 e. The Morgan fingerprint density at radius 1 is 1.19 bits per heavy atom. The molecule has 0 radical (unpaired) electrons. The summed E-state index contributed by atoms with van der Waals surface area (Å²) in [6.45, 7) is 4.32. The lowest BCUT2D eigenvalue weighted by Crippen LogP contribution is -2.38. The number of hydrazone groups is 1. The van der Waals surface area contributed by atoms with E-state index < -0.39 is 5.69 Å². The van der Waals surface area contributed by atoms with Crippen molar-refractivity contribution in [2.75, 3.05) is 5.01 Å². The summed E-state index contributed by atoms with van der Waals surface area (Å²) in [6, 6.07) is 7.37. The molecule has 0 aliphatic carbocycles. The Balaban J connectivity index is 1.97. The Morgan fingerprint density at radius 2 is 1.93 bits per heavy atom. The number of anilines is 1. The first-order valence-electron chi connectivity index (χ1n) is 8.54. The van der Waals surface area contributed by atoms with Crippen LogP contribution in [0.25, 0.3) is 11.2 Å². The molecule has 0 N–H and O–H groups in total. The van der Waals surface area contributed by atoms with E-state index in [0.717, 1.165) is 15.8 Å². The number of aryl methyl sites for hydroxylation is 1. The monoisotopic (exact) mass is 386 g/mol. The number of halogens is 1. The van der Waals surface area contributed by atoms with Crippen LogP contribution in [-0.4, -0.2) is 24.4 Å². The van der Waals surface area contributed by atoms with E-state index in [-0.39, 0.29) is 11.6 Å². The molecule has 0 amide bonds. The normalized spacial score (nSPS) is 16.6. The second-order valence-corrected chi connectivity index (χ2v) is 7.20. The first kappa shape index (κ1) is 17.5. The average molecular weight is 387 g/mol. The van der Waals surface area contributed by atoms with Crippen LogP contribution in [0.1, 0.15) is 25.5 Å². The quantitative estimate of drug-likeness (QED) is 0.675. The van der Waals surface area contributed by atoms with Gasteiger partial charge in [-0.2, -0.15) is 10.1 Å². The second kappa shape index (κ2) is 6.09. The molecule has 0 bridgehead atoms. The van der Waals surface area contributed by atoms with Crippen molar-refractivity contribution in [3.63, 3.8) is 0 Å². The topological polar surface area (TPSA) is 77.4 Å². The highest BCUT2D eigenvalue weighted by Gasteiger charge is 2.30. The number of hydrogen-bond donors (Lipinski definition) is 0. The van der Waals surface area contributed by atoms with E-state index in [4.69, 9.17) is 11.6 Å². The maximum absolute atomic E-state index is 12.8. The fraction of sp³-hybridized carbons (Fsp3) is 0.333. The van der Waals surface area contributed by atoms with E-state index in [0.29, 0.717) is 28.7 Å². The highest BCUT2D eigenvalue weighted by Crippen LogP contribution is 2.30. The van der Waals surface area contributed by atoms with Crippen molar-refractivity contribution in [1.29, 1.82) is 0 Å². The molecule has 140 valence electrons. The Labute approximate surface area is 159 Å². The molecule has 0 spiro atoms. The molecule has 3 aromatic rings. The van der Waals surface area contributed by atoms with Gasteiger partial charge in [0.2, 0.25) is 5.95 Å². The lowest BCUT2D eigenvalue weighted by Gasteiger charge is -2.29. The third-order valence-corrected chi connectivity index (χ3v) is 5.23. The maximum Gasteiger partial charge on any atom is 0.332 e. The molecular formula is C18H19ClN6O2. The summed E-state index contributed by atoms with van der Waals surface area (Å²) in [7, 11) is 3.09. The van der Waals surface area contributed by atoms with Gasteiger partial charge in [-0.25, -0.2) is 9.80 Å². The molecule has 27 heavy (non-hydrogen) atoms. The Kier molecular flexibility index (Phi) is 3.96. The van der Waals surface area contributed by atoms with Crippen molar-refractivity contribution in [1.82, 2.24) is 18.7 Å². The summed E-state index contributed by atoms with van der Waals surface area (Å²) in [4.78, 5) is 29.7. The van der Waals surface area contributed by atoms with Crippen LogP contribution in [0.15, 0.2) is 39.0 Å². The fourth-order valence-electron chi connectivity index (χ4n) is 3.37. The number of rotatable bonds is 2. The molecule has 1 atom stereocenters. The molecule has 0 fully saturated rings. The molecule has 3 heterocycles. The van der Waals surface area contributed by atoms with Gasteiger partial charge in [0.1, 0.15) is 0 Å². The summed E-state index contributed by atoms with van der Waals surface area (Å²) in [5.74, 6) is 0.529. The average Bonchev–Trinajstić information content (AvgIpc) is 3.04. The first-order valence-corrected chi connectivity index (χ1v) is 8.92. The standard InChI is InChI=1S/C18H19ClN6O2/c1-10-11(2)25-14-15(22(3)18(27)23(4)16(14)26)20-17(25)24(21-10)9-12-6-5-7-13(19)8-12/h5-8,11H,9H2,1-4H3/t11-/m0/s1. The van der Waals surface area contributed by atoms with Crippen LogP contribution in [0.5, 0.6) is 0 Å². The molecule has 8 nitrogen and oxygen atoms in total. The number of fused-ring (bicyclic) bond motifs is 3. The molecule has 1 aliphatic heterocycles. The Morgan fingerprint density at radius 3 is 2.63 bits per heavy atom. The lowest BCUT2D eigenvalue weighted by molar-refractivity contribution is 0.634. The van der Waals surface area contributed by atoms with Crippen LogP contribution in [-0.2, 0) is 20.6 Å². The minimum absolute atomic E-state index is 0.147. The van der Waals surface area contributed by atoms with Crippen LogP contribution in [0.4, 0.5) is 5.95 Å². The van der Waals surface area contributed by atoms with Crippen molar-refractivity contribution >= 4 is 34.4 Å². The predicted octanol–water partition coefficient (Wildman–Crippen LogP) is 2.04. The van der Waals surface area contributed by atoms with Gasteiger partial charge in [-0.1, -0.05) is 23.7 Å². The van der Waals surface area contributed by atoms with E-state index in [1.807, 2.05) is 42.7 Å². The molecule has 1 aliphatic rings. The number of benzene rings is 1. The number of nitrogens with zero attached hydrogens (tertiary/aromatic N) is 6. The van der Waals surface area contributed by atoms with Gasteiger partial charge < -0.3 is 0 Å². The van der Waals surface area contributed by atoms with Crippen LogP contribution in [0.3, 0.4) is 0 Å². The number of imidazole rings is 1. The Bertz CT molecular complexity index is 1220. The molecule has 2 aromatic heterocycles. The maximum atomic E-state index is 12.8. The van der Waals surface area contributed by atoms with Crippen LogP contribution in [0, 0.1) is 0 Å². The van der Waals surface area contributed by atoms with Gasteiger partial charge in [0.05, 0.1) is 18.3 Å². The number of hydrogen-bond acceptors (Lipinski definition) is 5. The van der Waals surface area contributed by atoms with Crippen molar-refractivity contribution in [3.05, 3.63) is 55.7 Å². The zero-order chi connectivity index (χ0) is 19.5. The van der Waals surface area contributed by atoms with E-state index in [1.165, 1.54) is 11.6 Å². The molecule has 0 saturated carbocycles. The zero-order valence-electron chi connectivity index (χ0n) is 15.5. The summed E-state index contributed by atoms with van der Waals surface area (Å²) in [5, 5.41) is 7.04. The van der Waals surface area contributed by atoms with Crippen LogP contribution >= 0.6 is 11.6 Å². The summed E-state index contributed by atoms with van der Waals surface area (Å²) in [6.07, 6.45) is 0. The van der Waals surface area contributed by atoms with Crippen molar-refractivity contribution in [2.24, 2.45) is 19.2 Å². The van der Waals surface area contributed by atoms with Crippen LogP contribution in [0.2, 0.25) is 5.02 Å². The highest BCUT2D eigenvalue weighted by atomic mass is 35.5. The van der Waals surface area contributed by atoms with Gasteiger partial charge in [-0.3, -0.25) is 18.5 Å². The van der Waals surface area contributed by atoms with Crippen molar-refractivity contribution in [2.45, 2.75) is 26.4 Å².